The van der Waals surface area contributed by atoms with Crippen LogP contribution in [0.15, 0.2) is 88.9 Å². The van der Waals surface area contributed by atoms with Crippen LogP contribution in [0.4, 0.5) is 23.2 Å². The Hall–Kier alpha value is -4.49. The van der Waals surface area contributed by atoms with Crippen LogP contribution in [0.3, 0.4) is 0 Å². The maximum Gasteiger partial charge on any atom is 0.419 e. The molecule has 8 nitrogen and oxygen atoms in total. The van der Waals surface area contributed by atoms with E-state index in [1.807, 2.05) is 13.0 Å². The van der Waals surface area contributed by atoms with Crippen LogP contribution in [-0.4, -0.2) is 48.2 Å². The highest BCUT2D eigenvalue weighted by atomic mass is 32.2. The molecule has 1 fully saturated rings. The van der Waals surface area contributed by atoms with Crippen molar-refractivity contribution >= 4 is 26.7 Å². The Kier molecular flexibility index (Phi) is 7.54. The second-order valence-corrected chi connectivity index (χ2v) is 12.3. The molecule has 228 valence electrons. The van der Waals surface area contributed by atoms with E-state index >= 15 is 0 Å². The first-order chi connectivity index (χ1) is 20.9. The summed E-state index contributed by atoms with van der Waals surface area (Å²) < 4.78 is 89.4. The maximum atomic E-state index is 14.7. The van der Waals surface area contributed by atoms with E-state index < -0.39 is 39.7 Å². The number of fused-ring (bicyclic) bond motifs is 1. The van der Waals surface area contributed by atoms with Crippen LogP contribution in [0.2, 0.25) is 0 Å². The van der Waals surface area contributed by atoms with Gasteiger partial charge < -0.3 is 14.2 Å². The van der Waals surface area contributed by atoms with E-state index in [-0.39, 0.29) is 16.1 Å². The minimum atomic E-state index is -4.88. The molecule has 44 heavy (non-hydrogen) atoms. The van der Waals surface area contributed by atoms with Crippen molar-refractivity contribution in [1.29, 1.82) is 0 Å². The first-order valence-corrected chi connectivity index (χ1v) is 15.1. The third-order valence-electron chi connectivity index (χ3n) is 7.58. The maximum absolute atomic E-state index is 14.7. The molecule has 1 saturated heterocycles. The number of morpholine rings is 1. The Morgan fingerprint density at radius 2 is 1.73 bits per heavy atom. The van der Waals surface area contributed by atoms with Gasteiger partial charge in [0.25, 0.3) is 15.6 Å². The summed E-state index contributed by atoms with van der Waals surface area (Å²) in [5.41, 5.74) is 0.251. The van der Waals surface area contributed by atoms with Gasteiger partial charge in [-0.15, -0.1) is 0 Å². The highest BCUT2D eigenvalue weighted by Crippen LogP contribution is 2.35. The van der Waals surface area contributed by atoms with Gasteiger partial charge in [0.15, 0.2) is 5.65 Å². The van der Waals surface area contributed by atoms with E-state index in [1.54, 1.807) is 18.3 Å². The lowest BCUT2D eigenvalue weighted by molar-refractivity contribution is -0.140. The normalized spacial score (nSPS) is 14.3. The van der Waals surface area contributed by atoms with Crippen LogP contribution in [0.5, 0.6) is 0 Å². The zero-order chi connectivity index (χ0) is 31.2. The summed E-state index contributed by atoms with van der Waals surface area (Å²) in [6, 6.07) is 13.9. The van der Waals surface area contributed by atoms with E-state index in [9.17, 15) is 30.8 Å². The van der Waals surface area contributed by atoms with Crippen molar-refractivity contribution in [3.8, 4) is 11.1 Å². The van der Waals surface area contributed by atoms with E-state index in [0.717, 1.165) is 25.9 Å². The fraction of sp³-hybridized carbons (Fsp3) is 0.226. The fourth-order valence-corrected chi connectivity index (χ4v) is 6.53. The van der Waals surface area contributed by atoms with Crippen LogP contribution in [0.25, 0.3) is 22.2 Å². The van der Waals surface area contributed by atoms with E-state index in [4.69, 9.17) is 4.74 Å². The molecule has 0 radical (unpaired) electrons. The van der Waals surface area contributed by atoms with Crippen LogP contribution in [0.1, 0.15) is 16.7 Å². The molecular weight excluding hydrogens is 600 g/mol. The quantitative estimate of drug-likeness (QED) is 0.233. The van der Waals surface area contributed by atoms with E-state index in [1.165, 1.54) is 42.7 Å². The van der Waals surface area contributed by atoms with Gasteiger partial charge in [-0.3, -0.25) is 4.79 Å². The zero-order valence-electron chi connectivity index (χ0n) is 23.4. The highest BCUT2D eigenvalue weighted by molar-refractivity contribution is 7.90. The minimum absolute atomic E-state index is 0.0594. The lowest BCUT2D eigenvalue weighted by Crippen LogP contribution is -2.36. The lowest BCUT2D eigenvalue weighted by atomic mass is 10.1. The van der Waals surface area contributed by atoms with Crippen LogP contribution in [0, 0.1) is 12.7 Å². The summed E-state index contributed by atoms with van der Waals surface area (Å²) in [5, 5.41) is 0.478. The van der Waals surface area contributed by atoms with Gasteiger partial charge in [-0.2, -0.15) is 13.2 Å². The molecule has 6 rings (SSSR count). The molecule has 0 unspecified atom stereocenters. The van der Waals surface area contributed by atoms with Crippen molar-refractivity contribution in [2.75, 3.05) is 31.2 Å². The monoisotopic (exact) mass is 626 g/mol. The van der Waals surface area contributed by atoms with Crippen molar-refractivity contribution < 1.29 is 30.7 Å². The molecule has 0 aliphatic carbocycles. The SMILES string of the molecule is Cc1ccc(S(=O)(=O)n2cc(-c3ccn(Cc4cccc(C(F)(F)F)c4F)c(=O)c3)c3cc(N4CCOCC4)cnc32)cc1. The topological polar surface area (TPSA) is 86.4 Å². The number of nitrogens with zero attached hydrogens (tertiary/aromatic N) is 4. The molecule has 13 heteroatoms. The number of aromatic nitrogens is 3. The number of hydrogen-bond donors (Lipinski definition) is 0. The van der Waals surface area contributed by atoms with Gasteiger partial charge in [-0.05, 0) is 42.8 Å². The predicted molar refractivity (Wildman–Crippen MR) is 157 cm³/mol. The summed E-state index contributed by atoms with van der Waals surface area (Å²) in [4.78, 5) is 19.8. The van der Waals surface area contributed by atoms with Gasteiger partial charge >= 0.3 is 6.18 Å². The summed E-state index contributed by atoms with van der Waals surface area (Å²) >= 11 is 0. The molecule has 4 heterocycles. The number of aryl methyl sites for hydroxylation is 1. The first kappa shape index (κ1) is 29.6. The van der Waals surface area contributed by atoms with Crippen molar-refractivity contribution in [3.05, 3.63) is 112 Å². The van der Waals surface area contributed by atoms with E-state index in [2.05, 4.69) is 9.88 Å². The molecule has 0 spiro atoms. The molecule has 0 N–H and O–H groups in total. The number of pyridine rings is 2. The van der Waals surface area contributed by atoms with Gasteiger partial charge in [0.05, 0.1) is 42.1 Å². The first-order valence-electron chi connectivity index (χ1n) is 13.6. The lowest BCUT2D eigenvalue weighted by Gasteiger charge is -2.28. The third kappa shape index (κ3) is 5.48. The van der Waals surface area contributed by atoms with Gasteiger partial charge in [0.2, 0.25) is 0 Å². The van der Waals surface area contributed by atoms with Crippen LogP contribution < -0.4 is 10.5 Å². The number of benzene rings is 2. The Bertz CT molecular complexity index is 2030. The molecular formula is C31H26F4N4O4S. The van der Waals surface area contributed by atoms with Gasteiger partial charge in [-0.25, -0.2) is 21.8 Å². The number of hydrogen-bond acceptors (Lipinski definition) is 6. The minimum Gasteiger partial charge on any atom is -0.378 e. The second kappa shape index (κ2) is 11.2. The Morgan fingerprint density at radius 3 is 2.41 bits per heavy atom. The van der Waals surface area contributed by atoms with E-state index in [0.29, 0.717) is 48.9 Å². The molecule has 5 aromatic rings. The second-order valence-electron chi connectivity index (χ2n) is 10.5. The molecule has 1 aliphatic rings. The summed E-state index contributed by atoms with van der Waals surface area (Å²) in [6.45, 7) is 3.70. The molecule has 0 amide bonds. The Morgan fingerprint density at radius 1 is 1.00 bits per heavy atom. The van der Waals surface area contributed by atoms with Crippen LogP contribution in [-0.2, 0) is 27.5 Å². The molecule has 0 saturated carbocycles. The number of alkyl halides is 3. The Labute approximate surface area is 249 Å². The predicted octanol–water partition coefficient (Wildman–Crippen LogP) is 5.45. The van der Waals surface area contributed by atoms with Crippen LogP contribution >= 0.6 is 0 Å². The summed E-state index contributed by atoms with van der Waals surface area (Å²) in [6.07, 6.45) is -0.536. The average Bonchev–Trinajstić information content (AvgIpc) is 3.39. The molecule has 0 bridgehead atoms. The average molecular weight is 627 g/mol. The van der Waals surface area contributed by atoms with Crippen molar-refractivity contribution in [2.45, 2.75) is 24.5 Å². The largest absolute Gasteiger partial charge is 0.419 e. The fourth-order valence-electron chi connectivity index (χ4n) is 5.21. The summed E-state index contributed by atoms with van der Waals surface area (Å²) in [5.74, 6) is -1.44. The zero-order valence-corrected chi connectivity index (χ0v) is 24.2. The summed E-state index contributed by atoms with van der Waals surface area (Å²) in [7, 11) is -4.08. The Balaban J connectivity index is 1.45. The standard InChI is InChI=1S/C31H26F4N4O4S/c1-20-5-7-24(8-6-20)44(41,42)39-19-26(25-16-23(17-36-30(25)39)37-11-13-43-14-12-37)21-9-10-38(28(40)15-21)18-22-3-2-4-27(29(22)32)31(33,34)35/h2-10,15-17,19H,11-14,18H2,1H3. The van der Waals surface area contributed by atoms with Gasteiger partial charge in [-0.1, -0.05) is 29.8 Å². The van der Waals surface area contributed by atoms with Gasteiger partial charge in [0, 0.05) is 48.1 Å². The smallest absolute Gasteiger partial charge is 0.378 e. The molecule has 0 atom stereocenters. The highest BCUT2D eigenvalue weighted by Gasteiger charge is 2.34. The van der Waals surface area contributed by atoms with Gasteiger partial charge in [0.1, 0.15) is 5.82 Å². The molecule has 1 aliphatic heterocycles. The number of anilines is 1. The van der Waals surface area contributed by atoms with Crippen molar-refractivity contribution in [2.24, 2.45) is 0 Å². The number of rotatable bonds is 6. The molecule has 3 aromatic heterocycles. The number of ether oxygens (including phenoxy) is 1. The van der Waals surface area contributed by atoms with Crippen molar-refractivity contribution in [1.82, 2.24) is 13.5 Å². The van der Waals surface area contributed by atoms with Crippen molar-refractivity contribution in [3.63, 3.8) is 0 Å². The molecule has 2 aromatic carbocycles. The third-order valence-corrected chi connectivity index (χ3v) is 9.25. The number of halogens is 4.